The molecule has 0 saturated heterocycles. The second-order valence-electron chi connectivity index (χ2n) is 6.81. The molecule has 6 nitrogen and oxygen atoms in total. The molecular weight excluding hydrogens is 372 g/mol. The number of hydrogen-bond donors (Lipinski definition) is 0. The summed E-state index contributed by atoms with van der Waals surface area (Å²) in [7, 11) is 6.44. The quantitative estimate of drug-likeness (QED) is 0.670. The van der Waals surface area contributed by atoms with Crippen LogP contribution in [0.2, 0.25) is 0 Å². The molecule has 0 bridgehead atoms. The standard InChI is InChI=1S/C23H28O6/c1-14(2)29-23-18(24-3)10-9-17-16(8-7-11-28-21(17)23)15-12-19(25-4)22(27-6)20(13-15)26-5/h8-10,12-14H,7,11H2,1-6H3. The molecule has 6 heteroatoms. The molecule has 0 amide bonds. The fraction of sp³-hybridized carbons (Fsp3) is 0.391. The van der Waals surface area contributed by atoms with E-state index in [-0.39, 0.29) is 6.10 Å². The highest BCUT2D eigenvalue weighted by molar-refractivity contribution is 5.87. The molecule has 0 atom stereocenters. The van der Waals surface area contributed by atoms with E-state index in [1.54, 1.807) is 28.4 Å². The highest BCUT2D eigenvalue weighted by atomic mass is 16.5. The van der Waals surface area contributed by atoms with Gasteiger partial charge in [-0.3, -0.25) is 0 Å². The third-order valence-corrected chi connectivity index (χ3v) is 4.63. The normalized spacial score (nSPS) is 13.0. The molecule has 3 rings (SSSR count). The van der Waals surface area contributed by atoms with Crippen molar-refractivity contribution in [3.05, 3.63) is 41.5 Å². The zero-order chi connectivity index (χ0) is 21.0. The maximum atomic E-state index is 6.09. The molecule has 156 valence electrons. The van der Waals surface area contributed by atoms with Crippen LogP contribution in [-0.2, 0) is 0 Å². The second kappa shape index (κ2) is 8.99. The van der Waals surface area contributed by atoms with Gasteiger partial charge in [0.25, 0.3) is 0 Å². The van der Waals surface area contributed by atoms with Crippen LogP contribution in [0.5, 0.6) is 34.5 Å². The molecule has 2 aromatic carbocycles. The van der Waals surface area contributed by atoms with E-state index in [0.717, 1.165) is 23.1 Å². The Bertz CT molecular complexity index is 875. The summed E-state index contributed by atoms with van der Waals surface area (Å²) >= 11 is 0. The smallest absolute Gasteiger partial charge is 0.204 e. The van der Waals surface area contributed by atoms with Gasteiger partial charge in [-0.2, -0.15) is 0 Å². The molecule has 1 heterocycles. The van der Waals surface area contributed by atoms with Crippen molar-refractivity contribution in [1.29, 1.82) is 0 Å². The van der Waals surface area contributed by atoms with Crippen molar-refractivity contribution in [3.8, 4) is 34.5 Å². The maximum absolute atomic E-state index is 6.09. The number of rotatable bonds is 7. The van der Waals surface area contributed by atoms with Gasteiger partial charge < -0.3 is 28.4 Å². The van der Waals surface area contributed by atoms with E-state index < -0.39 is 0 Å². The highest BCUT2D eigenvalue weighted by Crippen LogP contribution is 2.48. The third-order valence-electron chi connectivity index (χ3n) is 4.63. The first-order valence-electron chi connectivity index (χ1n) is 9.55. The van der Waals surface area contributed by atoms with E-state index in [1.165, 1.54) is 0 Å². The molecule has 0 aliphatic carbocycles. The fourth-order valence-electron chi connectivity index (χ4n) is 3.39. The van der Waals surface area contributed by atoms with Crippen molar-refractivity contribution < 1.29 is 28.4 Å². The highest BCUT2D eigenvalue weighted by Gasteiger charge is 2.24. The van der Waals surface area contributed by atoms with Crippen molar-refractivity contribution in [1.82, 2.24) is 0 Å². The molecule has 1 aliphatic rings. The van der Waals surface area contributed by atoms with Gasteiger partial charge in [0.2, 0.25) is 11.5 Å². The summed E-state index contributed by atoms with van der Waals surface area (Å²) in [5, 5.41) is 0. The molecule has 0 spiro atoms. The molecule has 0 aromatic heterocycles. The van der Waals surface area contributed by atoms with Crippen LogP contribution in [0.15, 0.2) is 30.3 Å². The van der Waals surface area contributed by atoms with E-state index >= 15 is 0 Å². The Balaban J connectivity index is 2.20. The number of fused-ring (bicyclic) bond motifs is 1. The molecule has 0 N–H and O–H groups in total. The zero-order valence-electron chi connectivity index (χ0n) is 17.8. The Hall–Kier alpha value is -3.02. The van der Waals surface area contributed by atoms with Crippen molar-refractivity contribution in [2.45, 2.75) is 26.4 Å². The van der Waals surface area contributed by atoms with Gasteiger partial charge in [0.15, 0.2) is 23.0 Å². The van der Waals surface area contributed by atoms with Crippen LogP contribution in [0.25, 0.3) is 5.57 Å². The van der Waals surface area contributed by atoms with Crippen LogP contribution in [-0.4, -0.2) is 41.2 Å². The Kier molecular flexibility index (Phi) is 6.42. The number of benzene rings is 2. The summed E-state index contributed by atoms with van der Waals surface area (Å²) in [6.07, 6.45) is 2.89. The first kappa shape index (κ1) is 20.7. The van der Waals surface area contributed by atoms with E-state index in [1.807, 2.05) is 38.1 Å². The van der Waals surface area contributed by atoms with Crippen LogP contribution in [0.4, 0.5) is 0 Å². The summed E-state index contributed by atoms with van der Waals surface area (Å²) in [6, 6.07) is 7.77. The van der Waals surface area contributed by atoms with Gasteiger partial charge in [0, 0.05) is 12.0 Å². The summed E-state index contributed by atoms with van der Waals surface area (Å²) in [5.41, 5.74) is 2.87. The van der Waals surface area contributed by atoms with Crippen molar-refractivity contribution >= 4 is 5.57 Å². The summed E-state index contributed by atoms with van der Waals surface area (Å²) in [6.45, 7) is 4.50. The lowest BCUT2D eigenvalue weighted by Crippen LogP contribution is -2.09. The Morgan fingerprint density at radius 3 is 2.03 bits per heavy atom. The molecule has 0 saturated carbocycles. The van der Waals surface area contributed by atoms with Crippen LogP contribution in [0.3, 0.4) is 0 Å². The minimum Gasteiger partial charge on any atom is -0.493 e. The summed E-state index contributed by atoms with van der Waals surface area (Å²) in [4.78, 5) is 0. The van der Waals surface area contributed by atoms with Crippen molar-refractivity contribution in [3.63, 3.8) is 0 Å². The summed E-state index contributed by atoms with van der Waals surface area (Å²) < 4.78 is 34.2. The van der Waals surface area contributed by atoms with Crippen LogP contribution >= 0.6 is 0 Å². The van der Waals surface area contributed by atoms with E-state index in [4.69, 9.17) is 28.4 Å². The fourth-order valence-corrected chi connectivity index (χ4v) is 3.39. The number of hydrogen-bond acceptors (Lipinski definition) is 6. The number of methoxy groups -OCH3 is 4. The maximum Gasteiger partial charge on any atom is 0.204 e. The first-order valence-corrected chi connectivity index (χ1v) is 9.55. The molecular formula is C23H28O6. The average molecular weight is 400 g/mol. The monoisotopic (exact) mass is 400 g/mol. The van der Waals surface area contributed by atoms with Gasteiger partial charge in [-0.1, -0.05) is 6.08 Å². The van der Waals surface area contributed by atoms with Crippen molar-refractivity contribution in [2.75, 3.05) is 35.0 Å². The first-order chi connectivity index (χ1) is 14.0. The Morgan fingerprint density at radius 1 is 0.828 bits per heavy atom. The van der Waals surface area contributed by atoms with Gasteiger partial charge in [-0.05, 0) is 49.2 Å². The van der Waals surface area contributed by atoms with Crippen LogP contribution in [0.1, 0.15) is 31.4 Å². The van der Waals surface area contributed by atoms with Gasteiger partial charge in [0.1, 0.15) is 0 Å². The minimum absolute atomic E-state index is 0.0177. The molecule has 2 aromatic rings. The Labute approximate surface area is 171 Å². The molecule has 0 fully saturated rings. The van der Waals surface area contributed by atoms with Crippen molar-refractivity contribution in [2.24, 2.45) is 0 Å². The van der Waals surface area contributed by atoms with Crippen LogP contribution < -0.4 is 28.4 Å². The zero-order valence-corrected chi connectivity index (χ0v) is 17.8. The SMILES string of the molecule is COc1cc(C2=CCCOc3c2ccc(OC)c3OC(C)C)cc(OC)c1OC. The minimum atomic E-state index is -0.0177. The van der Waals surface area contributed by atoms with Crippen LogP contribution in [0, 0.1) is 0 Å². The topological polar surface area (TPSA) is 55.4 Å². The summed E-state index contributed by atoms with van der Waals surface area (Å²) in [5.74, 6) is 3.69. The number of ether oxygens (including phenoxy) is 6. The average Bonchev–Trinajstić information content (AvgIpc) is 2.95. The van der Waals surface area contributed by atoms with E-state index in [9.17, 15) is 0 Å². The van der Waals surface area contributed by atoms with Gasteiger partial charge in [-0.15, -0.1) is 0 Å². The lowest BCUT2D eigenvalue weighted by molar-refractivity contribution is 0.211. The lowest BCUT2D eigenvalue weighted by Gasteiger charge is -2.21. The lowest BCUT2D eigenvalue weighted by atomic mass is 9.95. The molecule has 0 unspecified atom stereocenters. The predicted octanol–water partition coefficient (Wildman–Crippen LogP) is 4.72. The third kappa shape index (κ3) is 4.06. The van der Waals surface area contributed by atoms with Gasteiger partial charge in [-0.25, -0.2) is 0 Å². The molecule has 1 aliphatic heterocycles. The Morgan fingerprint density at radius 2 is 1.48 bits per heavy atom. The van der Waals surface area contributed by atoms with Gasteiger partial charge >= 0.3 is 0 Å². The second-order valence-corrected chi connectivity index (χ2v) is 6.81. The van der Waals surface area contributed by atoms with E-state index in [0.29, 0.717) is 41.1 Å². The molecule has 29 heavy (non-hydrogen) atoms. The predicted molar refractivity (Wildman–Crippen MR) is 112 cm³/mol. The van der Waals surface area contributed by atoms with E-state index in [2.05, 4.69) is 6.08 Å². The molecule has 0 radical (unpaired) electrons. The van der Waals surface area contributed by atoms with Gasteiger partial charge in [0.05, 0.1) is 41.2 Å². The largest absolute Gasteiger partial charge is 0.493 e.